The normalized spacial score (nSPS) is 16.7. The molecule has 1 atom stereocenters. The van der Waals surface area contributed by atoms with Crippen molar-refractivity contribution in [3.8, 4) is 0 Å². The lowest BCUT2D eigenvalue weighted by atomic mass is 9.98. The molecule has 8 heteroatoms. The van der Waals surface area contributed by atoms with Crippen LogP contribution in [-0.4, -0.2) is 38.2 Å². The number of H-pyrrole nitrogens is 1. The van der Waals surface area contributed by atoms with Gasteiger partial charge in [-0.1, -0.05) is 60.7 Å². The predicted octanol–water partition coefficient (Wildman–Crippen LogP) is 1.99. The summed E-state index contributed by atoms with van der Waals surface area (Å²) in [7, 11) is 1.50. The summed E-state index contributed by atoms with van der Waals surface area (Å²) in [5, 5.41) is 0. The van der Waals surface area contributed by atoms with Gasteiger partial charge in [-0.25, -0.2) is 4.79 Å². The minimum Gasteiger partial charge on any atom is -0.341 e. The largest absolute Gasteiger partial charge is 0.341 e. The predicted molar refractivity (Wildman–Crippen MR) is 125 cm³/mol. The summed E-state index contributed by atoms with van der Waals surface area (Å²) >= 11 is 0. The maximum Gasteiger partial charge on any atom is 0.333 e. The summed E-state index contributed by atoms with van der Waals surface area (Å²) in [6.45, 7) is 1.46. The highest BCUT2D eigenvalue weighted by molar-refractivity contribution is 5.73. The van der Waals surface area contributed by atoms with Crippen LogP contribution in [0.25, 0.3) is 11.2 Å². The topological polar surface area (TPSA) is 102 Å². The van der Waals surface area contributed by atoms with Crippen molar-refractivity contribution in [1.29, 1.82) is 0 Å². The van der Waals surface area contributed by atoms with Gasteiger partial charge >= 0.3 is 5.69 Å². The highest BCUT2D eigenvalue weighted by atomic mass is 16.2. The van der Waals surface area contributed by atoms with Crippen molar-refractivity contribution in [1.82, 2.24) is 19.1 Å². The van der Waals surface area contributed by atoms with E-state index in [0.717, 1.165) is 35.1 Å². The van der Waals surface area contributed by atoms with E-state index >= 15 is 0 Å². The third-order valence-corrected chi connectivity index (χ3v) is 6.16. The zero-order valence-electron chi connectivity index (χ0n) is 17.9. The van der Waals surface area contributed by atoms with Crippen molar-refractivity contribution in [3.63, 3.8) is 0 Å². The van der Waals surface area contributed by atoms with Gasteiger partial charge in [0.25, 0.3) is 5.56 Å². The van der Waals surface area contributed by atoms with Crippen molar-refractivity contribution in [2.75, 3.05) is 18.0 Å². The van der Waals surface area contributed by atoms with E-state index in [1.54, 1.807) is 4.57 Å². The summed E-state index contributed by atoms with van der Waals surface area (Å²) < 4.78 is 2.76. The fraction of sp³-hybridized carbons (Fsp3) is 0.292. The van der Waals surface area contributed by atoms with Crippen LogP contribution in [0, 0.1) is 0 Å². The molecule has 5 rings (SSSR count). The number of nitrogens with zero attached hydrogens (tertiary/aromatic N) is 4. The standard InChI is InChI=1S/C24H26N6O2/c1-28-22(31)19-21(27-23(26-19)29-14-8-13-18(25)15-29)30(24(28)32)20(16-9-4-2-5-10-16)17-11-6-3-7-12-17/h2-7,9-12,18,20H,8,13-15,25H2,1H3,(H,26,27). The van der Waals surface area contributed by atoms with Crippen LogP contribution in [0.5, 0.6) is 0 Å². The Morgan fingerprint density at radius 1 is 1.03 bits per heavy atom. The van der Waals surface area contributed by atoms with E-state index in [1.165, 1.54) is 7.05 Å². The van der Waals surface area contributed by atoms with E-state index in [-0.39, 0.29) is 11.6 Å². The lowest BCUT2D eigenvalue weighted by molar-refractivity contribution is 0.501. The Balaban J connectivity index is 1.78. The molecule has 1 fully saturated rings. The molecule has 3 N–H and O–H groups in total. The maximum atomic E-state index is 13.5. The molecule has 3 heterocycles. The van der Waals surface area contributed by atoms with Crippen molar-refractivity contribution in [3.05, 3.63) is 92.6 Å². The summed E-state index contributed by atoms with van der Waals surface area (Å²) in [5.41, 5.74) is 7.90. The van der Waals surface area contributed by atoms with Gasteiger partial charge in [0, 0.05) is 26.2 Å². The summed E-state index contributed by atoms with van der Waals surface area (Å²) in [6, 6.07) is 19.2. The average Bonchev–Trinajstić information content (AvgIpc) is 3.27. The third kappa shape index (κ3) is 3.42. The zero-order chi connectivity index (χ0) is 22.2. The Hall–Kier alpha value is -3.65. The van der Waals surface area contributed by atoms with E-state index < -0.39 is 11.7 Å². The molecule has 32 heavy (non-hydrogen) atoms. The first-order valence-corrected chi connectivity index (χ1v) is 10.9. The number of nitrogens with two attached hydrogens (primary N) is 1. The summed E-state index contributed by atoms with van der Waals surface area (Å²) in [5.74, 6) is 0.575. The van der Waals surface area contributed by atoms with Gasteiger partial charge in [-0.3, -0.25) is 13.9 Å². The number of aromatic amines is 1. The zero-order valence-corrected chi connectivity index (χ0v) is 17.9. The second kappa shape index (κ2) is 8.12. The van der Waals surface area contributed by atoms with Crippen molar-refractivity contribution in [2.45, 2.75) is 24.9 Å². The van der Waals surface area contributed by atoms with Gasteiger partial charge in [0.15, 0.2) is 11.2 Å². The summed E-state index contributed by atoms with van der Waals surface area (Å²) in [6.07, 6.45) is 1.92. The van der Waals surface area contributed by atoms with Gasteiger partial charge < -0.3 is 15.6 Å². The van der Waals surface area contributed by atoms with Crippen LogP contribution in [-0.2, 0) is 7.05 Å². The first-order valence-electron chi connectivity index (χ1n) is 10.9. The molecule has 0 aliphatic carbocycles. The van der Waals surface area contributed by atoms with Crippen LogP contribution in [0.2, 0.25) is 0 Å². The Labute approximate surface area is 184 Å². The number of hydrogen-bond acceptors (Lipinski definition) is 5. The molecule has 0 bridgehead atoms. The second-order valence-electron chi connectivity index (χ2n) is 8.35. The third-order valence-electron chi connectivity index (χ3n) is 6.16. The van der Waals surface area contributed by atoms with Crippen molar-refractivity contribution >= 4 is 17.1 Å². The van der Waals surface area contributed by atoms with Crippen LogP contribution in [0.15, 0.2) is 70.3 Å². The lowest BCUT2D eigenvalue weighted by Crippen LogP contribution is -2.43. The van der Waals surface area contributed by atoms with Crippen molar-refractivity contribution in [2.24, 2.45) is 12.8 Å². The Bertz CT molecular complexity index is 1320. The number of anilines is 1. The van der Waals surface area contributed by atoms with E-state index in [9.17, 15) is 9.59 Å². The van der Waals surface area contributed by atoms with E-state index in [0.29, 0.717) is 23.7 Å². The Morgan fingerprint density at radius 3 is 2.25 bits per heavy atom. The fourth-order valence-corrected chi connectivity index (χ4v) is 4.53. The van der Waals surface area contributed by atoms with Crippen LogP contribution >= 0.6 is 0 Å². The second-order valence-corrected chi connectivity index (χ2v) is 8.35. The van der Waals surface area contributed by atoms with Crippen LogP contribution in [0.4, 0.5) is 5.95 Å². The smallest absolute Gasteiger partial charge is 0.333 e. The summed E-state index contributed by atoms with van der Waals surface area (Å²) in [4.78, 5) is 36.5. The molecule has 4 aromatic rings. The molecule has 1 saturated heterocycles. The lowest BCUT2D eigenvalue weighted by Gasteiger charge is -2.30. The molecule has 8 nitrogen and oxygen atoms in total. The monoisotopic (exact) mass is 430 g/mol. The fourth-order valence-electron chi connectivity index (χ4n) is 4.53. The minimum atomic E-state index is -0.432. The quantitative estimate of drug-likeness (QED) is 0.516. The SMILES string of the molecule is Cn1c(=O)c2[nH]c(N3CCCC(N)C3)nc2n(C(c2ccccc2)c2ccccc2)c1=O. The molecule has 0 saturated carbocycles. The number of hydrogen-bond donors (Lipinski definition) is 2. The van der Waals surface area contributed by atoms with Crippen LogP contribution in [0.1, 0.15) is 30.0 Å². The maximum absolute atomic E-state index is 13.5. The first kappa shape index (κ1) is 20.3. The number of benzene rings is 2. The average molecular weight is 431 g/mol. The van der Waals surface area contributed by atoms with Gasteiger partial charge in [0.1, 0.15) is 0 Å². The van der Waals surface area contributed by atoms with Crippen LogP contribution < -0.4 is 21.9 Å². The molecule has 1 aliphatic rings. The molecule has 2 aromatic heterocycles. The van der Waals surface area contributed by atoms with Gasteiger partial charge in [-0.2, -0.15) is 4.98 Å². The number of rotatable bonds is 4. The molecule has 0 radical (unpaired) electrons. The molecule has 1 aliphatic heterocycles. The number of imidazole rings is 1. The number of fused-ring (bicyclic) bond motifs is 1. The Kier molecular flexibility index (Phi) is 5.14. The number of piperidine rings is 1. The van der Waals surface area contributed by atoms with Gasteiger partial charge in [0.2, 0.25) is 5.95 Å². The van der Waals surface area contributed by atoms with Gasteiger partial charge in [-0.15, -0.1) is 0 Å². The number of aromatic nitrogens is 4. The molecule has 0 amide bonds. The van der Waals surface area contributed by atoms with Crippen molar-refractivity contribution < 1.29 is 0 Å². The minimum absolute atomic E-state index is 0.0587. The molecular weight excluding hydrogens is 404 g/mol. The van der Waals surface area contributed by atoms with Crippen LogP contribution in [0.3, 0.4) is 0 Å². The Morgan fingerprint density at radius 2 is 1.66 bits per heavy atom. The molecule has 2 aromatic carbocycles. The highest BCUT2D eigenvalue weighted by Crippen LogP contribution is 2.28. The molecule has 1 unspecified atom stereocenters. The highest BCUT2D eigenvalue weighted by Gasteiger charge is 2.26. The number of nitrogens with one attached hydrogen (secondary N) is 1. The first-order chi connectivity index (χ1) is 15.5. The van der Waals surface area contributed by atoms with E-state index in [1.807, 2.05) is 60.7 Å². The van der Waals surface area contributed by atoms with E-state index in [4.69, 9.17) is 10.7 Å². The molecule has 164 valence electrons. The molecular formula is C24H26N6O2. The van der Waals surface area contributed by atoms with Gasteiger partial charge in [0.05, 0.1) is 6.04 Å². The van der Waals surface area contributed by atoms with E-state index in [2.05, 4.69) is 9.88 Å². The van der Waals surface area contributed by atoms with Gasteiger partial charge in [-0.05, 0) is 24.0 Å². The molecule has 0 spiro atoms.